The Morgan fingerprint density at radius 3 is 2.52 bits per heavy atom. The number of carboxylic acids is 1. The Kier molecular flexibility index (Phi) is 4.39. The van der Waals surface area contributed by atoms with E-state index in [0.717, 1.165) is 11.1 Å². The molecule has 1 heterocycles. The van der Waals surface area contributed by atoms with Gasteiger partial charge in [-0.05, 0) is 31.5 Å². The molecule has 0 aromatic heterocycles. The van der Waals surface area contributed by atoms with Crippen LogP contribution < -0.4 is 9.64 Å². The van der Waals surface area contributed by atoms with E-state index in [4.69, 9.17) is 27.9 Å². The molecular weight excluding hydrogens is 365 g/mol. The Morgan fingerprint density at radius 1 is 1.28 bits per heavy atom. The number of fused-ring (bicyclic) bond motifs is 1. The van der Waals surface area contributed by atoms with Crippen LogP contribution in [0.25, 0.3) is 0 Å². The zero-order valence-electron chi connectivity index (χ0n) is 13.5. The Balaban J connectivity index is 2.13. The highest BCUT2D eigenvalue weighted by atomic mass is 35.5. The first-order valence-electron chi connectivity index (χ1n) is 7.51. The van der Waals surface area contributed by atoms with E-state index >= 15 is 0 Å². The topological polar surface area (TPSA) is 66.8 Å². The fourth-order valence-corrected chi connectivity index (χ4v) is 3.06. The van der Waals surface area contributed by atoms with Gasteiger partial charge in [-0.2, -0.15) is 0 Å². The van der Waals surface area contributed by atoms with Crippen LogP contribution in [0.1, 0.15) is 28.4 Å². The lowest BCUT2D eigenvalue weighted by atomic mass is 10.1. The largest absolute Gasteiger partial charge is 0.478 e. The van der Waals surface area contributed by atoms with Crippen LogP contribution in [0.4, 0.5) is 5.69 Å². The molecule has 0 fully saturated rings. The summed E-state index contributed by atoms with van der Waals surface area (Å²) in [7, 11) is 0. The number of carbonyl (C=O) groups is 2. The fraction of sp³-hybridized carbons (Fsp3) is 0.222. The molecule has 0 aliphatic carbocycles. The van der Waals surface area contributed by atoms with Crippen molar-refractivity contribution in [3.05, 3.63) is 58.1 Å². The molecule has 1 aliphatic heterocycles. The van der Waals surface area contributed by atoms with Gasteiger partial charge in [0.25, 0.3) is 11.0 Å². The van der Waals surface area contributed by atoms with Crippen molar-refractivity contribution in [2.24, 2.45) is 0 Å². The number of aryl methyl sites for hydroxylation is 1. The number of nitrogens with zero attached hydrogens (tertiary/aromatic N) is 1. The van der Waals surface area contributed by atoms with Gasteiger partial charge in [0.2, 0.25) is 0 Å². The summed E-state index contributed by atoms with van der Waals surface area (Å²) in [5.74, 6) is -1.67. The van der Waals surface area contributed by atoms with Gasteiger partial charge in [-0.1, -0.05) is 53.0 Å². The summed E-state index contributed by atoms with van der Waals surface area (Å²) < 4.78 is 5.50. The number of hydrogen-bond acceptors (Lipinski definition) is 3. The molecule has 1 amide bonds. The molecule has 1 atom stereocenters. The van der Waals surface area contributed by atoms with Crippen molar-refractivity contribution in [3.63, 3.8) is 0 Å². The van der Waals surface area contributed by atoms with Crippen molar-refractivity contribution >= 4 is 40.8 Å². The zero-order valence-corrected chi connectivity index (χ0v) is 15.1. The summed E-state index contributed by atoms with van der Waals surface area (Å²) in [6, 6.07) is 10.4. The molecule has 1 unspecified atom stereocenters. The van der Waals surface area contributed by atoms with Crippen LogP contribution in [0.3, 0.4) is 0 Å². The molecule has 0 saturated heterocycles. The fourth-order valence-electron chi connectivity index (χ4n) is 2.66. The van der Waals surface area contributed by atoms with Crippen LogP contribution in [0.5, 0.6) is 5.75 Å². The summed E-state index contributed by atoms with van der Waals surface area (Å²) >= 11 is 12.3. The van der Waals surface area contributed by atoms with Crippen LogP contribution in [0, 0.1) is 6.92 Å². The SMILES string of the molecule is Cc1ccc(CN2C(=O)C(C)(Cl)Oc3c(C(=O)O)cc(Cl)cc32)cc1. The van der Waals surface area contributed by atoms with E-state index in [1.807, 2.05) is 31.2 Å². The summed E-state index contributed by atoms with van der Waals surface area (Å²) in [6.45, 7) is 3.58. The minimum absolute atomic E-state index is 0.0288. The summed E-state index contributed by atoms with van der Waals surface area (Å²) in [5.41, 5.74) is 2.11. The number of aromatic carboxylic acids is 1. The molecule has 0 radical (unpaired) electrons. The molecule has 25 heavy (non-hydrogen) atoms. The first kappa shape index (κ1) is 17.6. The van der Waals surface area contributed by atoms with Crippen LogP contribution in [-0.4, -0.2) is 22.0 Å². The van der Waals surface area contributed by atoms with Gasteiger partial charge in [-0.15, -0.1) is 0 Å². The van der Waals surface area contributed by atoms with Crippen molar-refractivity contribution < 1.29 is 19.4 Å². The van der Waals surface area contributed by atoms with Gasteiger partial charge in [-0.25, -0.2) is 4.79 Å². The lowest BCUT2D eigenvalue weighted by molar-refractivity contribution is -0.128. The zero-order chi connectivity index (χ0) is 18.4. The highest BCUT2D eigenvalue weighted by molar-refractivity contribution is 6.37. The second-order valence-corrected chi connectivity index (χ2v) is 7.16. The molecule has 1 aliphatic rings. The van der Waals surface area contributed by atoms with E-state index in [0.29, 0.717) is 0 Å². The number of hydrogen-bond donors (Lipinski definition) is 1. The smallest absolute Gasteiger partial charge is 0.339 e. The molecule has 1 N–H and O–H groups in total. The van der Waals surface area contributed by atoms with Crippen molar-refractivity contribution in [2.45, 2.75) is 25.5 Å². The molecule has 130 valence electrons. The van der Waals surface area contributed by atoms with Gasteiger partial charge >= 0.3 is 5.97 Å². The maximum Gasteiger partial charge on any atom is 0.339 e. The molecule has 0 spiro atoms. The van der Waals surface area contributed by atoms with Crippen molar-refractivity contribution in [1.29, 1.82) is 0 Å². The van der Waals surface area contributed by atoms with Gasteiger partial charge in [0.15, 0.2) is 5.75 Å². The van der Waals surface area contributed by atoms with E-state index < -0.39 is 16.9 Å². The number of amides is 1. The lowest BCUT2D eigenvalue weighted by Gasteiger charge is -2.38. The van der Waals surface area contributed by atoms with Gasteiger partial charge in [0.1, 0.15) is 5.56 Å². The maximum absolute atomic E-state index is 12.8. The predicted octanol–water partition coefficient (Wildman–Crippen LogP) is 4.23. The number of halogens is 2. The molecule has 7 heteroatoms. The van der Waals surface area contributed by atoms with E-state index in [1.54, 1.807) is 0 Å². The van der Waals surface area contributed by atoms with E-state index in [-0.39, 0.29) is 28.6 Å². The summed E-state index contributed by atoms with van der Waals surface area (Å²) in [5, 5.41) is 7.92. The predicted molar refractivity (Wildman–Crippen MR) is 95.7 cm³/mol. The van der Waals surface area contributed by atoms with Gasteiger partial charge in [0.05, 0.1) is 12.2 Å². The first-order chi connectivity index (χ1) is 11.7. The van der Waals surface area contributed by atoms with Crippen molar-refractivity contribution in [3.8, 4) is 5.75 Å². The van der Waals surface area contributed by atoms with Crippen molar-refractivity contribution in [1.82, 2.24) is 0 Å². The average Bonchev–Trinajstić information content (AvgIpc) is 2.53. The third-order valence-corrected chi connectivity index (χ3v) is 4.39. The van der Waals surface area contributed by atoms with Crippen LogP contribution >= 0.6 is 23.2 Å². The highest BCUT2D eigenvalue weighted by Gasteiger charge is 2.45. The minimum Gasteiger partial charge on any atom is -0.478 e. The number of anilines is 1. The molecule has 2 aromatic rings. The molecule has 5 nitrogen and oxygen atoms in total. The van der Waals surface area contributed by atoms with Crippen LogP contribution in [-0.2, 0) is 11.3 Å². The molecule has 0 saturated carbocycles. The normalized spacial score (nSPS) is 19.4. The second-order valence-electron chi connectivity index (χ2n) is 6.00. The average molecular weight is 380 g/mol. The number of carboxylic acid groups (broad SMARTS) is 1. The van der Waals surface area contributed by atoms with Gasteiger partial charge in [0, 0.05) is 5.02 Å². The lowest BCUT2D eigenvalue weighted by Crippen LogP contribution is -2.51. The standard InChI is InChI=1S/C18H15Cl2NO4/c1-10-3-5-11(6-4-10)9-21-14-8-12(19)7-13(16(22)23)15(14)25-18(2,20)17(21)24/h3-8H,9H2,1-2H3,(H,22,23). The number of alkyl halides is 1. The van der Waals surface area contributed by atoms with Crippen molar-refractivity contribution in [2.75, 3.05) is 4.90 Å². The molecular formula is C18H15Cl2NO4. The summed E-state index contributed by atoms with van der Waals surface area (Å²) in [4.78, 5) is 25.7. The van der Waals surface area contributed by atoms with Crippen LogP contribution in [0.15, 0.2) is 36.4 Å². The van der Waals surface area contributed by atoms with Crippen LogP contribution in [0.2, 0.25) is 5.02 Å². The number of carbonyl (C=O) groups excluding carboxylic acids is 1. The molecule has 2 aromatic carbocycles. The Hall–Kier alpha value is -2.24. The second kappa shape index (κ2) is 6.24. The third kappa shape index (κ3) is 3.30. The Labute approximate surface area is 154 Å². The number of rotatable bonds is 3. The van der Waals surface area contributed by atoms with E-state index in [9.17, 15) is 14.7 Å². The molecule has 0 bridgehead atoms. The Morgan fingerprint density at radius 2 is 1.92 bits per heavy atom. The third-order valence-electron chi connectivity index (χ3n) is 3.94. The van der Waals surface area contributed by atoms with Gasteiger partial charge in [-0.3, -0.25) is 9.69 Å². The first-order valence-corrected chi connectivity index (χ1v) is 8.27. The maximum atomic E-state index is 12.8. The highest BCUT2D eigenvalue weighted by Crippen LogP contribution is 2.44. The Bertz CT molecular complexity index is 862. The molecule has 3 rings (SSSR count). The number of benzene rings is 2. The van der Waals surface area contributed by atoms with E-state index in [1.165, 1.54) is 24.0 Å². The minimum atomic E-state index is -1.70. The number of ether oxygens (including phenoxy) is 1. The summed E-state index contributed by atoms with van der Waals surface area (Å²) in [6.07, 6.45) is 0. The van der Waals surface area contributed by atoms with E-state index in [2.05, 4.69) is 0 Å². The van der Waals surface area contributed by atoms with Gasteiger partial charge < -0.3 is 9.84 Å². The quantitative estimate of drug-likeness (QED) is 0.810. The monoisotopic (exact) mass is 379 g/mol.